The molecule has 15 heteroatoms. The molecule has 5 rings (SSSR count). The second-order valence-corrected chi connectivity index (χ2v) is 10.1. The van der Waals surface area contributed by atoms with E-state index in [4.69, 9.17) is 13.9 Å². The number of aromatic nitrogens is 4. The standard InChI is InChI=1S/C26H23BrF3N5O6/c27-19-14-17(8-9-20(19)41-26(28,29)30)31-24(36)16-7-6-15-12-22(40-21(15)13-16)23-32-33-34-35(23)10-11-38-25(37)39-18-4-2-1-3-5-18/h6-9,12-14,18H,1-5,10-11H2,(H,31,36). The average molecular weight is 638 g/mol. The lowest BCUT2D eigenvalue weighted by atomic mass is 9.98. The summed E-state index contributed by atoms with van der Waals surface area (Å²) in [5, 5.41) is 14.9. The van der Waals surface area contributed by atoms with Crippen molar-refractivity contribution in [2.75, 3.05) is 11.9 Å². The molecule has 1 amide bonds. The van der Waals surface area contributed by atoms with E-state index in [1.54, 1.807) is 18.2 Å². The number of nitrogens with zero attached hydrogens (tertiary/aromatic N) is 4. The molecule has 1 aliphatic carbocycles. The van der Waals surface area contributed by atoms with Gasteiger partial charge in [0, 0.05) is 16.6 Å². The summed E-state index contributed by atoms with van der Waals surface area (Å²) in [5.74, 6) is -0.323. The fourth-order valence-electron chi connectivity index (χ4n) is 4.37. The monoisotopic (exact) mass is 637 g/mol. The van der Waals surface area contributed by atoms with E-state index in [2.05, 4.69) is 41.5 Å². The van der Waals surface area contributed by atoms with Crippen molar-refractivity contribution >= 4 is 44.6 Å². The van der Waals surface area contributed by atoms with E-state index < -0.39 is 24.2 Å². The highest BCUT2D eigenvalue weighted by molar-refractivity contribution is 9.10. The van der Waals surface area contributed by atoms with Crippen molar-refractivity contribution in [1.29, 1.82) is 0 Å². The first-order valence-electron chi connectivity index (χ1n) is 12.6. The molecule has 1 saturated carbocycles. The largest absolute Gasteiger partial charge is 0.573 e. The molecule has 11 nitrogen and oxygen atoms in total. The average Bonchev–Trinajstić information content (AvgIpc) is 3.56. The Labute approximate surface area is 239 Å². The summed E-state index contributed by atoms with van der Waals surface area (Å²) in [6, 6.07) is 10.1. The molecule has 0 spiro atoms. The predicted molar refractivity (Wildman–Crippen MR) is 141 cm³/mol. The Morgan fingerprint density at radius 3 is 2.66 bits per heavy atom. The van der Waals surface area contributed by atoms with Crippen LogP contribution in [0, 0.1) is 0 Å². The van der Waals surface area contributed by atoms with Gasteiger partial charge in [0.25, 0.3) is 5.91 Å². The second kappa shape index (κ2) is 12.2. The summed E-state index contributed by atoms with van der Waals surface area (Å²) in [4.78, 5) is 24.8. The molecule has 0 atom stereocenters. The number of fused-ring (bicyclic) bond motifs is 1. The van der Waals surface area contributed by atoms with Crippen molar-refractivity contribution in [2.45, 2.75) is 51.1 Å². The van der Waals surface area contributed by atoms with Gasteiger partial charge in [0.15, 0.2) is 5.76 Å². The third-order valence-corrected chi connectivity index (χ3v) is 6.91. The van der Waals surface area contributed by atoms with Gasteiger partial charge in [0.1, 0.15) is 24.0 Å². The maximum absolute atomic E-state index is 12.8. The van der Waals surface area contributed by atoms with E-state index in [1.165, 1.54) is 22.9 Å². The third-order valence-electron chi connectivity index (χ3n) is 6.29. The van der Waals surface area contributed by atoms with Gasteiger partial charge in [-0.05, 0) is 88.4 Å². The highest BCUT2D eigenvalue weighted by Gasteiger charge is 2.32. The molecule has 0 saturated heterocycles. The van der Waals surface area contributed by atoms with Crippen LogP contribution in [0.5, 0.6) is 5.75 Å². The molecule has 41 heavy (non-hydrogen) atoms. The Morgan fingerprint density at radius 2 is 1.90 bits per heavy atom. The van der Waals surface area contributed by atoms with Gasteiger partial charge < -0.3 is 23.9 Å². The van der Waals surface area contributed by atoms with Crippen LogP contribution in [0.3, 0.4) is 0 Å². The van der Waals surface area contributed by atoms with Crippen molar-refractivity contribution in [1.82, 2.24) is 20.2 Å². The fourth-order valence-corrected chi connectivity index (χ4v) is 4.83. The lowest BCUT2D eigenvalue weighted by molar-refractivity contribution is -0.274. The number of anilines is 1. The quantitative estimate of drug-likeness (QED) is 0.215. The third kappa shape index (κ3) is 7.34. The highest BCUT2D eigenvalue weighted by Crippen LogP contribution is 2.33. The number of furan rings is 1. The van der Waals surface area contributed by atoms with Crippen LogP contribution < -0.4 is 10.1 Å². The van der Waals surface area contributed by atoms with E-state index in [9.17, 15) is 22.8 Å². The van der Waals surface area contributed by atoms with E-state index in [0.29, 0.717) is 22.6 Å². The number of tetrazole rings is 1. The van der Waals surface area contributed by atoms with Gasteiger partial charge in [0.2, 0.25) is 5.82 Å². The number of alkyl halides is 3. The molecule has 0 radical (unpaired) electrons. The molecule has 2 aromatic heterocycles. The van der Waals surface area contributed by atoms with E-state index in [-0.39, 0.29) is 35.0 Å². The normalized spacial score (nSPS) is 14.1. The number of carbonyl (C=O) groups is 2. The van der Waals surface area contributed by atoms with Gasteiger partial charge >= 0.3 is 12.5 Å². The summed E-state index contributed by atoms with van der Waals surface area (Å²) in [6.45, 7) is 0.155. The number of rotatable bonds is 8. The highest BCUT2D eigenvalue weighted by atomic mass is 79.9. The first kappa shape index (κ1) is 28.4. The lowest BCUT2D eigenvalue weighted by Crippen LogP contribution is -2.22. The predicted octanol–water partition coefficient (Wildman–Crippen LogP) is 6.49. The molecule has 216 valence electrons. The van der Waals surface area contributed by atoms with Crippen LogP contribution in [0.4, 0.5) is 23.7 Å². The SMILES string of the molecule is O=C(OCCn1nnnc1-c1cc2ccc(C(=O)Nc3ccc(OC(F)(F)F)c(Br)c3)cc2o1)OC1CCCCC1. The number of halogens is 4. The zero-order chi connectivity index (χ0) is 29.0. The molecule has 1 fully saturated rings. The van der Waals surface area contributed by atoms with Gasteiger partial charge in [0.05, 0.1) is 11.0 Å². The van der Waals surface area contributed by atoms with Gasteiger partial charge in [-0.15, -0.1) is 18.3 Å². The van der Waals surface area contributed by atoms with Gasteiger partial charge in [-0.1, -0.05) is 12.5 Å². The van der Waals surface area contributed by atoms with E-state index in [1.807, 2.05) is 0 Å². The first-order valence-corrected chi connectivity index (χ1v) is 13.4. The zero-order valence-corrected chi connectivity index (χ0v) is 22.9. The number of hydrogen-bond acceptors (Lipinski definition) is 9. The van der Waals surface area contributed by atoms with Crippen LogP contribution in [0.25, 0.3) is 22.6 Å². The van der Waals surface area contributed by atoms with E-state index in [0.717, 1.165) is 38.2 Å². The van der Waals surface area contributed by atoms with Crippen molar-refractivity contribution in [2.24, 2.45) is 0 Å². The minimum Gasteiger partial charge on any atom is -0.453 e. The van der Waals surface area contributed by atoms with Crippen LogP contribution in [-0.4, -0.2) is 51.3 Å². The van der Waals surface area contributed by atoms with Gasteiger partial charge in [-0.2, -0.15) is 0 Å². The summed E-state index contributed by atoms with van der Waals surface area (Å²) in [6.07, 6.45) is -0.782. The van der Waals surface area contributed by atoms with E-state index >= 15 is 0 Å². The Balaban J connectivity index is 1.21. The Morgan fingerprint density at radius 1 is 1.10 bits per heavy atom. The number of amides is 1. The molecule has 2 heterocycles. The summed E-state index contributed by atoms with van der Waals surface area (Å²) < 4.78 is 59.3. The fraction of sp³-hybridized carbons (Fsp3) is 0.346. The molecule has 4 aromatic rings. The molecular weight excluding hydrogens is 615 g/mol. The maximum atomic E-state index is 12.8. The molecular formula is C26H23BrF3N5O6. The van der Waals surface area contributed by atoms with Crippen molar-refractivity contribution in [3.63, 3.8) is 0 Å². The van der Waals surface area contributed by atoms with Crippen LogP contribution in [0.15, 0.2) is 51.4 Å². The lowest BCUT2D eigenvalue weighted by Gasteiger charge is -2.21. The summed E-state index contributed by atoms with van der Waals surface area (Å²) in [5.41, 5.74) is 0.875. The number of ether oxygens (including phenoxy) is 3. The van der Waals surface area contributed by atoms with Gasteiger partial charge in [-0.3, -0.25) is 4.79 Å². The van der Waals surface area contributed by atoms with Crippen LogP contribution >= 0.6 is 15.9 Å². The smallest absolute Gasteiger partial charge is 0.453 e. The minimum absolute atomic E-state index is 0.00638. The van der Waals surface area contributed by atoms with Crippen LogP contribution in [0.2, 0.25) is 0 Å². The zero-order valence-electron chi connectivity index (χ0n) is 21.3. The van der Waals surface area contributed by atoms with Crippen LogP contribution in [-0.2, 0) is 16.0 Å². The minimum atomic E-state index is -4.84. The summed E-state index contributed by atoms with van der Waals surface area (Å²) >= 11 is 3.01. The summed E-state index contributed by atoms with van der Waals surface area (Å²) in [7, 11) is 0. The first-order chi connectivity index (χ1) is 19.6. The Kier molecular flexibility index (Phi) is 8.42. The number of nitrogens with one attached hydrogen (secondary N) is 1. The number of hydrogen-bond donors (Lipinski definition) is 1. The number of benzene rings is 2. The second-order valence-electron chi connectivity index (χ2n) is 9.21. The van der Waals surface area contributed by atoms with Gasteiger partial charge in [-0.25, -0.2) is 9.48 Å². The maximum Gasteiger partial charge on any atom is 0.573 e. The van der Waals surface area contributed by atoms with Crippen molar-refractivity contribution in [3.05, 3.63) is 52.5 Å². The molecule has 1 aliphatic rings. The molecule has 0 aliphatic heterocycles. The number of carbonyl (C=O) groups excluding carboxylic acids is 2. The van der Waals surface area contributed by atoms with Crippen molar-refractivity contribution < 1.29 is 41.4 Å². The molecule has 2 aromatic carbocycles. The Hall–Kier alpha value is -4.14. The van der Waals surface area contributed by atoms with Crippen molar-refractivity contribution in [3.8, 4) is 17.3 Å². The topological polar surface area (TPSA) is 131 Å². The molecule has 0 bridgehead atoms. The van der Waals surface area contributed by atoms with Crippen LogP contribution in [0.1, 0.15) is 42.5 Å². The Bertz CT molecular complexity index is 1550. The molecule has 0 unspecified atom stereocenters. The molecule has 1 N–H and O–H groups in total.